The minimum absolute atomic E-state index is 0.0472. The first-order valence-electron chi connectivity index (χ1n) is 13.3. The van der Waals surface area contributed by atoms with Gasteiger partial charge in [0.05, 0.1) is 27.0 Å². The highest BCUT2D eigenvalue weighted by molar-refractivity contribution is 6.31. The van der Waals surface area contributed by atoms with Gasteiger partial charge in [0, 0.05) is 17.6 Å². The highest BCUT2D eigenvalue weighted by Crippen LogP contribution is 2.31. The number of carbonyl (C=O) groups is 3. The van der Waals surface area contributed by atoms with Gasteiger partial charge in [0.25, 0.3) is 11.8 Å². The summed E-state index contributed by atoms with van der Waals surface area (Å²) in [7, 11) is 2.99. The Kier molecular flexibility index (Phi) is 10.1. The summed E-state index contributed by atoms with van der Waals surface area (Å²) in [6, 6.07) is 14.1. The van der Waals surface area contributed by atoms with Gasteiger partial charge >= 0.3 is 0 Å². The lowest BCUT2D eigenvalue weighted by Crippen LogP contribution is -2.48. The Bertz CT molecular complexity index is 1310. The van der Waals surface area contributed by atoms with Crippen LogP contribution in [0.2, 0.25) is 5.02 Å². The highest BCUT2D eigenvalue weighted by atomic mass is 35.5. The maximum Gasteiger partial charge on any atom is 0.287 e. The van der Waals surface area contributed by atoms with Crippen molar-refractivity contribution in [3.05, 3.63) is 82.8 Å². The van der Waals surface area contributed by atoms with Crippen LogP contribution in [0, 0.1) is 0 Å². The van der Waals surface area contributed by atoms with Crippen molar-refractivity contribution in [3.8, 4) is 11.5 Å². The van der Waals surface area contributed by atoms with Crippen molar-refractivity contribution in [2.24, 2.45) is 0 Å². The van der Waals surface area contributed by atoms with Gasteiger partial charge in [-0.15, -0.1) is 0 Å². The molecule has 1 aliphatic carbocycles. The van der Waals surface area contributed by atoms with Crippen LogP contribution in [0.5, 0.6) is 11.5 Å². The van der Waals surface area contributed by atoms with Crippen LogP contribution in [0.3, 0.4) is 0 Å². The van der Waals surface area contributed by atoms with Crippen molar-refractivity contribution in [1.82, 2.24) is 15.5 Å². The highest BCUT2D eigenvalue weighted by Gasteiger charge is 2.31. The zero-order chi connectivity index (χ0) is 28.5. The lowest BCUT2D eigenvalue weighted by atomic mass is 9.95. The summed E-state index contributed by atoms with van der Waals surface area (Å²) < 4.78 is 16.0. The summed E-state index contributed by atoms with van der Waals surface area (Å²) in [5, 5.41) is 6.32. The van der Waals surface area contributed by atoms with Crippen molar-refractivity contribution in [2.45, 2.75) is 50.7 Å². The fourth-order valence-corrected chi connectivity index (χ4v) is 5.05. The largest absolute Gasteiger partial charge is 0.493 e. The van der Waals surface area contributed by atoms with E-state index in [0.29, 0.717) is 27.6 Å². The number of ether oxygens (including phenoxy) is 2. The quantitative estimate of drug-likeness (QED) is 0.341. The predicted molar refractivity (Wildman–Crippen MR) is 150 cm³/mol. The van der Waals surface area contributed by atoms with E-state index in [4.69, 9.17) is 25.5 Å². The van der Waals surface area contributed by atoms with Crippen LogP contribution in [0.25, 0.3) is 0 Å². The van der Waals surface area contributed by atoms with E-state index >= 15 is 0 Å². The number of hydrogen-bond donors (Lipinski definition) is 2. The third-order valence-corrected chi connectivity index (χ3v) is 7.31. The molecule has 0 aliphatic heterocycles. The summed E-state index contributed by atoms with van der Waals surface area (Å²) in [6.07, 6.45) is 6.49. The fraction of sp³-hybridized carbons (Fsp3) is 0.367. The molecule has 212 valence electrons. The molecule has 1 saturated carbocycles. The molecule has 1 heterocycles. The van der Waals surface area contributed by atoms with Crippen LogP contribution in [0.4, 0.5) is 0 Å². The van der Waals surface area contributed by atoms with Crippen LogP contribution in [-0.4, -0.2) is 49.4 Å². The van der Waals surface area contributed by atoms with Crippen LogP contribution in [0.15, 0.2) is 65.3 Å². The van der Waals surface area contributed by atoms with Gasteiger partial charge in [-0.1, -0.05) is 55.1 Å². The molecule has 0 unspecified atom stereocenters. The summed E-state index contributed by atoms with van der Waals surface area (Å²) in [5.41, 5.74) is 1.12. The Hall–Kier alpha value is -3.98. The van der Waals surface area contributed by atoms with Crippen LogP contribution < -0.4 is 20.1 Å². The van der Waals surface area contributed by atoms with E-state index in [-0.39, 0.29) is 30.8 Å². The average molecular weight is 568 g/mol. The number of nitrogens with zero attached hydrogens (tertiary/aromatic N) is 1. The number of halogens is 1. The number of carbonyl (C=O) groups excluding carboxylic acids is 3. The maximum atomic E-state index is 14.2. The van der Waals surface area contributed by atoms with E-state index in [2.05, 4.69) is 10.6 Å². The summed E-state index contributed by atoms with van der Waals surface area (Å²) in [4.78, 5) is 41.9. The van der Waals surface area contributed by atoms with Gasteiger partial charge in [-0.2, -0.15) is 0 Å². The normalized spacial score (nSPS) is 14.2. The monoisotopic (exact) mass is 567 g/mol. The summed E-state index contributed by atoms with van der Waals surface area (Å²) >= 11 is 6.44. The zero-order valence-electron chi connectivity index (χ0n) is 22.7. The van der Waals surface area contributed by atoms with E-state index in [1.165, 1.54) is 31.4 Å². The molecule has 1 atom stereocenters. The van der Waals surface area contributed by atoms with E-state index in [1.807, 2.05) is 6.07 Å². The SMILES string of the molecule is COc1ccc([C@H](NC(=O)c2ccco2)C(=O)N(CC(=O)NC2CCCCC2)Cc2ccccc2Cl)cc1OC. The number of amides is 3. The molecule has 4 rings (SSSR count). The van der Waals surface area contributed by atoms with Crippen molar-refractivity contribution in [3.63, 3.8) is 0 Å². The molecule has 2 N–H and O–H groups in total. The van der Waals surface area contributed by atoms with Gasteiger partial charge in [0.1, 0.15) is 6.04 Å². The second-order valence-corrected chi connectivity index (χ2v) is 10.1. The summed E-state index contributed by atoms with van der Waals surface area (Å²) in [6.45, 7) is -0.141. The van der Waals surface area contributed by atoms with Gasteiger partial charge < -0.3 is 29.4 Å². The standard InChI is InChI=1S/C30H34ClN3O6/c1-38-24-15-14-20(17-26(24)39-2)28(33-29(36)25-13-8-16-40-25)30(37)34(18-21-9-6-7-12-23(21)31)19-27(35)32-22-10-4-3-5-11-22/h6-9,12-17,22,28H,3-5,10-11,18-19H2,1-2H3,(H,32,35)(H,33,36)/t28-/m0/s1. The molecule has 3 amide bonds. The smallest absolute Gasteiger partial charge is 0.287 e. The molecule has 1 fully saturated rings. The Morgan fingerprint density at radius 1 is 1.00 bits per heavy atom. The van der Waals surface area contributed by atoms with E-state index in [1.54, 1.807) is 42.5 Å². The molecule has 40 heavy (non-hydrogen) atoms. The molecule has 1 aromatic heterocycles. The van der Waals surface area contributed by atoms with Gasteiger partial charge in [-0.05, 0) is 54.3 Å². The van der Waals surface area contributed by atoms with Gasteiger partial charge in [-0.25, -0.2) is 0 Å². The number of methoxy groups -OCH3 is 2. The third-order valence-electron chi connectivity index (χ3n) is 6.94. The Morgan fingerprint density at radius 3 is 2.42 bits per heavy atom. The molecular formula is C30H34ClN3O6. The average Bonchev–Trinajstić information content (AvgIpc) is 3.52. The van der Waals surface area contributed by atoms with Crippen LogP contribution in [-0.2, 0) is 16.1 Å². The second kappa shape index (κ2) is 13.9. The molecule has 1 aliphatic rings. The molecule has 9 nitrogen and oxygen atoms in total. The number of hydrogen-bond acceptors (Lipinski definition) is 6. The molecular weight excluding hydrogens is 534 g/mol. The zero-order valence-corrected chi connectivity index (χ0v) is 23.4. The number of rotatable bonds is 11. The molecule has 10 heteroatoms. The summed E-state index contributed by atoms with van der Waals surface area (Å²) in [5.74, 6) is -0.442. The number of benzene rings is 2. The van der Waals surface area contributed by atoms with E-state index in [0.717, 1.165) is 32.1 Å². The van der Waals surface area contributed by atoms with Crippen molar-refractivity contribution in [2.75, 3.05) is 20.8 Å². The minimum atomic E-state index is -1.16. The van der Waals surface area contributed by atoms with Crippen molar-refractivity contribution >= 4 is 29.3 Å². The molecule has 3 aromatic rings. The first kappa shape index (κ1) is 29.0. The molecule has 0 radical (unpaired) electrons. The molecule has 2 aromatic carbocycles. The van der Waals surface area contributed by atoms with Crippen molar-refractivity contribution in [1.29, 1.82) is 0 Å². The molecule has 0 bridgehead atoms. The second-order valence-electron chi connectivity index (χ2n) is 9.69. The Labute approximate surface area is 238 Å². The topological polar surface area (TPSA) is 110 Å². The first-order chi connectivity index (χ1) is 19.4. The Balaban J connectivity index is 1.67. The number of nitrogens with one attached hydrogen (secondary N) is 2. The van der Waals surface area contributed by atoms with Crippen LogP contribution >= 0.6 is 11.6 Å². The first-order valence-corrected chi connectivity index (χ1v) is 13.6. The van der Waals surface area contributed by atoms with Gasteiger partial charge in [-0.3, -0.25) is 14.4 Å². The Morgan fingerprint density at radius 2 is 1.75 bits per heavy atom. The van der Waals surface area contributed by atoms with Gasteiger partial charge in [0.15, 0.2) is 17.3 Å². The molecule has 0 saturated heterocycles. The van der Waals surface area contributed by atoms with E-state index < -0.39 is 17.9 Å². The minimum Gasteiger partial charge on any atom is -0.493 e. The molecule has 0 spiro atoms. The lowest BCUT2D eigenvalue weighted by Gasteiger charge is -2.30. The maximum absolute atomic E-state index is 14.2. The van der Waals surface area contributed by atoms with Crippen molar-refractivity contribution < 1.29 is 28.3 Å². The lowest BCUT2D eigenvalue weighted by molar-refractivity contribution is -0.138. The third kappa shape index (κ3) is 7.35. The predicted octanol–water partition coefficient (Wildman–Crippen LogP) is 4.90. The van der Waals surface area contributed by atoms with Gasteiger partial charge in [0.2, 0.25) is 5.91 Å². The fourth-order valence-electron chi connectivity index (χ4n) is 4.85. The number of furan rings is 1. The van der Waals surface area contributed by atoms with E-state index in [9.17, 15) is 14.4 Å². The van der Waals surface area contributed by atoms with Crippen LogP contribution in [0.1, 0.15) is 59.8 Å².